The van der Waals surface area contributed by atoms with Crippen molar-refractivity contribution in [2.24, 2.45) is 0 Å². The molecule has 0 unspecified atom stereocenters. The Labute approximate surface area is 138 Å². The Morgan fingerprint density at radius 2 is 2.19 bits per heavy atom. The van der Waals surface area contributed by atoms with Gasteiger partial charge in [-0.2, -0.15) is 0 Å². The number of amides is 1. The van der Waals surface area contributed by atoms with E-state index in [0.29, 0.717) is 0 Å². The van der Waals surface area contributed by atoms with Gasteiger partial charge < -0.3 is 10.1 Å². The molecule has 0 bridgehead atoms. The van der Waals surface area contributed by atoms with Crippen LogP contribution in [0.2, 0.25) is 0 Å². The number of piperidine rings is 1. The lowest BCUT2D eigenvalue weighted by Gasteiger charge is -2.32. The second-order valence-corrected chi connectivity index (χ2v) is 8.75. The monoisotopic (exact) mass is 375 g/mol. The number of carbonyl (C=O) groups excluding carboxylic acids is 1. The van der Waals surface area contributed by atoms with Gasteiger partial charge in [-0.25, -0.2) is 9.78 Å². The molecule has 1 aliphatic rings. The third-order valence-corrected chi connectivity index (χ3v) is 4.65. The van der Waals surface area contributed by atoms with E-state index >= 15 is 0 Å². The Balaban J connectivity index is 1.72. The molecule has 0 atom stereocenters. The molecule has 1 saturated heterocycles. The molecule has 0 saturated carbocycles. The number of halogens is 1. The Hall–Kier alpha value is -0.660. The molecular formula is C14H22BrN3O2S. The van der Waals surface area contributed by atoms with Crippen LogP contribution in [-0.2, 0) is 11.3 Å². The molecule has 1 aromatic heterocycles. The summed E-state index contributed by atoms with van der Waals surface area (Å²) in [5, 5.41) is 4.08. The lowest BCUT2D eigenvalue weighted by Crippen LogP contribution is -2.45. The molecule has 0 aromatic carbocycles. The highest BCUT2D eigenvalue weighted by Crippen LogP contribution is 2.22. The van der Waals surface area contributed by atoms with Crippen molar-refractivity contribution in [1.82, 2.24) is 15.2 Å². The second kappa shape index (κ2) is 7.07. The highest BCUT2D eigenvalue weighted by atomic mass is 79.9. The van der Waals surface area contributed by atoms with Gasteiger partial charge in [0.15, 0.2) is 0 Å². The first kappa shape index (κ1) is 16.7. The maximum Gasteiger partial charge on any atom is 0.407 e. The van der Waals surface area contributed by atoms with Gasteiger partial charge in [-0.1, -0.05) is 0 Å². The van der Waals surface area contributed by atoms with Gasteiger partial charge >= 0.3 is 6.09 Å². The number of nitrogens with zero attached hydrogens (tertiary/aromatic N) is 2. The zero-order valence-electron chi connectivity index (χ0n) is 12.7. The van der Waals surface area contributed by atoms with Gasteiger partial charge in [0.25, 0.3) is 0 Å². The number of rotatable bonds is 3. The van der Waals surface area contributed by atoms with Crippen LogP contribution in [0.3, 0.4) is 0 Å². The van der Waals surface area contributed by atoms with Crippen molar-refractivity contribution >= 4 is 33.4 Å². The largest absolute Gasteiger partial charge is 0.444 e. The molecule has 1 amide bonds. The topological polar surface area (TPSA) is 54.5 Å². The molecule has 1 N–H and O–H groups in total. The summed E-state index contributed by atoms with van der Waals surface area (Å²) in [6.45, 7) is 8.45. The quantitative estimate of drug-likeness (QED) is 0.879. The summed E-state index contributed by atoms with van der Waals surface area (Å²) in [5.41, 5.74) is -0.441. The minimum Gasteiger partial charge on any atom is -0.444 e. The first-order valence-corrected chi connectivity index (χ1v) is 8.75. The third-order valence-electron chi connectivity index (χ3n) is 3.19. The van der Waals surface area contributed by atoms with E-state index < -0.39 is 5.60 Å². The van der Waals surface area contributed by atoms with Crippen molar-refractivity contribution < 1.29 is 9.53 Å². The Morgan fingerprint density at radius 1 is 1.52 bits per heavy atom. The van der Waals surface area contributed by atoms with Gasteiger partial charge in [0, 0.05) is 19.1 Å². The number of ether oxygens (including phenoxy) is 1. The number of likely N-dealkylation sites (tertiary alicyclic amines) is 1. The Bertz CT molecular complexity index is 479. The number of hydrogen-bond donors (Lipinski definition) is 1. The van der Waals surface area contributed by atoms with Gasteiger partial charge in [-0.05, 0) is 49.5 Å². The van der Waals surface area contributed by atoms with Crippen molar-refractivity contribution in [2.75, 3.05) is 13.1 Å². The minimum atomic E-state index is -0.441. The van der Waals surface area contributed by atoms with Crippen LogP contribution >= 0.6 is 27.3 Å². The molecule has 1 aromatic rings. The Kier molecular flexibility index (Phi) is 5.62. The smallest absolute Gasteiger partial charge is 0.407 e. The lowest BCUT2D eigenvalue weighted by molar-refractivity contribution is 0.0477. The Morgan fingerprint density at radius 3 is 2.71 bits per heavy atom. The summed E-state index contributed by atoms with van der Waals surface area (Å²) in [6, 6.07) is 0.208. The van der Waals surface area contributed by atoms with Crippen molar-refractivity contribution in [3.63, 3.8) is 0 Å². The van der Waals surface area contributed by atoms with Gasteiger partial charge in [0.2, 0.25) is 0 Å². The zero-order valence-corrected chi connectivity index (χ0v) is 15.1. The summed E-state index contributed by atoms with van der Waals surface area (Å²) in [5.74, 6) is 0. The molecule has 1 fully saturated rings. The molecule has 0 aliphatic carbocycles. The van der Waals surface area contributed by atoms with Gasteiger partial charge in [0.1, 0.15) is 10.6 Å². The number of carbonyl (C=O) groups is 1. The first-order valence-electron chi connectivity index (χ1n) is 7.14. The van der Waals surface area contributed by atoms with Crippen LogP contribution in [0, 0.1) is 0 Å². The van der Waals surface area contributed by atoms with Gasteiger partial charge in [0.05, 0.1) is 16.5 Å². The molecule has 5 nitrogen and oxygen atoms in total. The summed E-state index contributed by atoms with van der Waals surface area (Å²) in [6.07, 6.45) is 3.43. The third kappa shape index (κ3) is 5.92. The van der Waals surface area contributed by atoms with Crippen LogP contribution in [0.4, 0.5) is 4.79 Å². The predicted octanol–water partition coefficient (Wildman–Crippen LogP) is 3.39. The van der Waals surface area contributed by atoms with E-state index in [0.717, 1.165) is 41.3 Å². The van der Waals surface area contributed by atoms with E-state index in [-0.39, 0.29) is 12.1 Å². The highest BCUT2D eigenvalue weighted by molar-refractivity contribution is 9.11. The van der Waals surface area contributed by atoms with Crippen LogP contribution in [0.25, 0.3) is 0 Å². The van der Waals surface area contributed by atoms with E-state index in [1.807, 2.05) is 27.0 Å². The molecular weight excluding hydrogens is 354 g/mol. The number of alkyl carbamates (subject to hydrolysis) is 1. The average Bonchev–Trinajstić information content (AvgIpc) is 2.75. The minimum absolute atomic E-state index is 0.208. The molecule has 7 heteroatoms. The molecule has 21 heavy (non-hydrogen) atoms. The van der Waals surface area contributed by atoms with E-state index in [9.17, 15) is 4.79 Å². The van der Waals surface area contributed by atoms with Crippen molar-refractivity contribution in [3.05, 3.63) is 15.0 Å². The lowest BCUT2D eigenvalue weighted by atomic mass is 10.1. The number of thiazole rings is 1. The highest BCUT2D eigenvalue weighted by Gasteiger charge is 2.23. The average molecular weight is 376 g/mol. The summed E-state index contributed by atoms with van der Waals surface area (Å²) >= 11 is 5.11. The molecule has 0 radical (unpaired) electrons. The normalized spacial score (nSPS) is 17.7. The number of hydrogen-bond acceptors (Lipinski definition) is 5. The van der Waals surface area contributed by atoms with E-state index in [2.05, 4.69) is 31.1 Å². The van der Waals surface area contributed by atoms with E-state index in [1.54, 1.807) is 11.3 Å². The fraction of sp³-hybridized carbons (Fsp3) is 0.714. The maximum absolute atomic E-state index is 11.7. The summed E-state index contributed by atoms with van der Waals surface area (Å²) < 4.78 is 6.36. The van der Waals surface area contributed by atoms with Gasteiger partial charge in [-0.15, -0.1) is 11.3 Å². The van der Waals surface area contributed by atoms with Crippen molar-refractivity contribution in [1.29, 1.82) is 0 Å². The van der Waals surface area contributed by atoms with Crippen LogP contribution < -0.4 is 5.32 Å². The van der Waals surface area contributed by atoms with E-state index in [1.165, 1.54) is 0 Å². The zero-order chi connectivity index (χ0) is 15.5. The molecule has 118 valence electrons. The van der Waals surface area contributed by atoms with Crippen molar-refractivity contribution in [2.45, 2.75) is 51.8 Å². The standard InChI is InChI=1S/C14H22BrN3O2S/c1-14(2,3)20-13(19)17-10-4-6-18(7-5-10)9-12-16-8-11(15)21-12/h8,10H,4-7,9H2,1-3H3,(H,17,19). The second-order valence-electron chi connectivity index (χ2n) is 6.25. The first-order chi connectivity index (χ1) is 9.82. The predicted molar refractivity (Wildman–Crippen MR) is 87.5 cm³/mol. The maximum atomic E-state index is 11.7. The molecule has 0 spiro atoms. The SMILES string of the molecule is CC(C)(C)OC(=O)NC1CCN(Cc2ncc(Br)s2)CC1. The van der Waals surface area contributed by atoms with Crippen molar-refractivity contribution in [3.8, 4) is 0 Å². The van der Waals surface area contributed by atoms with Crippen LogP contribution in [0.5, 0.6) is 0 Å². The van der Waals surface area contributed by atoms with Crippen LogP contribution in [-0.4, -0.2) is 40.7 Å². The van der Waals surface area contributed by atoms with Crippen LogP contribution in [0.1, 0.15) is 38.6 Å². The number of aromatic nitrogens is 1. The summed E-state index contributed by atoms with van der Waals surface area (Å²) in [7, 11) is 0. The van der Waals surface area contributed by atoms with Crippen LogP contribution in [0.15, 0.2) is 9.98 Å². The molecule has 2 heterocycles. The fourth-order valence-corrected chi connectivity index (χ4v) is 3.61. The van der Waals surface area contributed by atoms with E-state index in [4.69, 9.17) is 4.74 Å². The number of nitrogens with one attached hydrogen (secondary N) is 1. The summed E-state index contributed by atoms with van der Waals surface area (Å²) in [4.78, 5) is 18.5. The fourth-order valence-electron chi connectivity index (χ4n) is 2.26. The molecule has 1 aliphatic heterocycles. The molecule has 2 rings (SSSR count). The van der Waals surface area contributed by atoms with Gasteiger partial charge in [-0.3, -0.25) is 4.90 Å².